The summed E-state index contributed by atoms with van der Waals surface area (Å²) in [5, 5.41) is 23.9. The number of nitro groups is 1. The van der Waals surface area contributed by atoms with Crippen molar-refractivity contribution in [3.63, 3.8) is 0 Å². The van der Waals surface area contributed by atoms with E-state index in [1.54, 1.807) is 24.3 Å². The minimum absolute atomic E-state index is 0.0347. The number of rotatable bonds is 5. The lowest BCUT2D eigenvalue weighted by Crippen LogP contribution is -2.08. The second-order valence-corrected chi connectivity index (χ2v) is 5.07. The van der Waals surface area contributed by atoms with Gasteiger partial charge in [0, 0.05) is 5.56 Å². The molecule has 0 radical (unpaired) electrons. The number of hydrogen-bond acceptors (Lipinski definition) is 9. The molecule has 3 aromatic rings. The summed E-state index contributed by atoms with van der Waals surface area (Å²) >= 11 is 0. The van der Waals surface area contributed by atoms with E-state index in [0.29, 0.717) is 11.3 Å². The molecule has 0 spiro atoms. The van der Waals surface area contributed by atoms with Crippen molar-refractivity contribution in [1.82, 2.24) is 19.7 Å². The number of benzene rings is 1. The molecule has 4 N–H and O–H groups in total. The van der Waals surface area contributed by atoms with Crippen molar-refractivity contribution in [2.24, 2.45) is 0 Å². The summed E-state index contributed by atoms with van der Waals surface area (Å²) in [5.74, 6) is 0.265. The summed E-state index contributed by atoms with van der Waals surface area (Å²) in [4.78, 5) is 18.0. The topological polar surface area (TPSA) is 172 Å². The Bertz CT molecular complexity index is 1020. The van der Waals surface area contributed by atoms with Crippen LogP contribution in [0.5, 0.6) is 5.75 Å². The number of hydrogen-bond donors (Lipinski definition) is 2. The lowest BCUT2D eigenvalue weighted by Gasteiger charge is -2.12. The minimum atomic E-state index is -0.552. The molecule has 1 aromatic carbocycles. The van der Waals surface area contributed by atoms with Gasteiger partial charge in [-0.3, -0.25) is 10.1 Å². The summed E-state index contributed by atoms with van der Waals surface area (Å²) in [5.41, 5.74) is 12.0. The van der Waals surface area contributed by atoms with Crippen LogP contribution in [0.4, 0.5) is 17.5 Å². The molecule has 0 fully saturated rings. The highest BCUT2D eigenvalue weighted by molar-refractivity contribution is 5.77. The molecule has 3 rings (SSSR count). The molecule has 0 saturated carbocycles. The third-order valence-electron chi connectivity index (χ3n) is 3.39. The maximum absolute atomic E-state index is 10.7. The van der Waals surface area contributed by atoms with Crippen LogP contribution >= 0.6 is 0 Å². The molecule has 0 saturated heterocycles. The van der Waals surface area contributed by atoms with E-state index in [2.05, 4.69) is 15.1 Å². The van der Waals surface area contributed by atoms with Crippen molar-refractivity contribution in [3.05, 3.63) is 52.3 Å². The zero-order chi connectivity index (χ0) is 18.7. The highest BCUT2D eigenvalue weighted by atomic mass is 16.6. The number of para-hydroxylation sites is 1. The van der Waals surface area contributed by atoms with Crippen molar-refractivity contribution >= 4 is 17.5 Å². The van der Waals surface area contributed by atoms with Gasteiger partial charge in [-0.1, -0.05) is 12.1 Å². The van der Waals surface area contributed by atoms with Crippen molar-refractivity contribution in [1.29, 1.82) is 5.26 Å². The Morgan fingerprint density at radius 1 is 1.31 bits per heavy atom. The largest absolute Gasteiger partial charge is 0.471 e. The monoisotopic (exact) mass is 352 g/mol. The van der Waals surface area contributed by atoms with Gasteiger partial charge in [-0.2, -0.15) is 15.3 Å². The van der Waals surface area contributed by atoms with Crippen LogP contribution in [0.25, 0.3) is 11.3 Å². The highest BCUT2D eigenvalue weighted by Crippen LogP contribution is 2.33. The fourth-order valence-electron chi connectivity index (χ4n) is 2.24. The van der Waals surface area contributed by atoms with Crippen LogP contribution in [0, 0.1) is 21.4 Å². The van der Waals surface area contributed by atoms with Gasteiger partial charge in [0.15, 0.2) is 6.73 Å². The van der Waals surface area contributed by atoms with Gasteiger partial charge in [0.1, 0.15) is 35.6 Å². The molecule has 0 aliphatic carbocycles. The summed E-state index contributed by atoms with van der Waals surface area (Å²) < 4.78 is 6.94. The smallest absolute Gasteiger partial charge is 0.307 e. The molecule has 2 heterocycles. The molecule has 130 valence electrons. The molecule has 0 amide bonds. The molecule has 11 heteroatoms. The highest BCUT2D eigenvalue weighted by Gasteiger charge is 2.17. The molecule has 0 unspecified atom stereocenters. The molecule has 26 heavy (non-hydrogen) atoms. The SMILES string of the molecule is N#Cc1c(N)nc(N)nc1-c1ccccc1OCn1cc([N+](=O)[O-])cn1. The van der Waals surface area contributed by atoms with Crippen LogP contribution in [-0.2, 0) is 6.73 Å². The first-order valence-corrected chi connectivity index (χ1v) is 7.21. The van der Waals surface area contributed by atoms with Crippen LogP contribution in [0.2, 0.25) is 0 Å². The van der Waals surface area contributed by atoms with Gasteiger partial charge in [-0.15, -0.1) is 0 Å². The second kappa shape index (κ2) is 6.73. The maximum atomic E-state index is 10.7. The van der Waals surface area contributed by atoms with Crippen molar-refractivity contribution < 1.29 is 9.66 Å². The molecule has 0 bridgehead atoms. The summed E-state index contributed by atoms with van der Waals surface area (Å²) in [7, 11) is 0. The standard InChI is InChI=1S/C15H12N8O3/c16-5-11-13(20-15(18)21-14(11)17)10-3-1-2-4-12(10)26-8-22-7-9(6-19-22)23(24)25/h1-4,6-7H,8H2,(H4,17,18,20,21). The Balaban J connectivity index is 1.94. The van der Waals surface area contributed by atoms with Gasteiger partial charge in [0.05, 0.1) is 10.6 Å². The number of nitrogens with zero attached hydrogens (tertiary/aromatic N) is 6. The van der Waals surface area contributed by atoms with Gasteiger partial charge in [-0.25, -0.2) is 9.67 Å². The van der Waals surface area contributed by atoms with E-state index in [9.17, 15) is 15.4 Å². The number of nitrogen functional groups attached to an aromatic ring is 2. The van der Waals surface area contributed by atoms with Crippen molar-refractivity contribution in [3.8, 4) is 23.1 Å². The van der Waals surface area contributed by atoms with E-state index >= 15 is 0 Å². The number of anilines is 2. The Kier molecular flexibility index (Phi) is 4.31. The minimum Gasteiger partial charge on any atom is -0.471 e. The zero-order valence-electron chi connectivity index (χ0n) is 13.2. The van der Waals surface area contributed by atoms with Crippen LogP contribution in [0.15, 0.2) is 36.7 Å². The van der Waals surface area contributed by atoms with E-state index in [1.165, 1.54) is 10.9 Å². The summed E-state index contributed by atoms with van der Waals surface area (Å²) in [6, 6.07) is 8.75. The van der Waals surface area contributed by atoms with Crippen LogP contribution in [0.1, 0.15) is 5.56 Å². The quantitative estimate of drug-likeness (QED) is 0.507. The third-order valence-corrected chi connectivity index (χ3v) is 3.39. The Labute approximate surface area is 146 Å². The number of aromatic nitrogens is 4. The Hall–Kier alpha value is -4.20. The van der Waals surface area contributed by atoms with E-state index in [0.717, 1.165) is 6.20 Å². The summed E-state index contributed by atoms with van der Waals surface area (Å²) in [6.07, 6.45) is 2.36. The first-order valence-electron chi connectivity index (χ1n) is 7.21. The van der Waals surface area contributed by atoms with Crippen LogP contribution in [-0.4, -0.2) is 24.7 Å². The molecule has 0 atom stereocenters. The number of ether oxygens (including phenoxy) is 1. The van der Waals surface area contributed by atoms with E-state index in [4.69, 9.17) is 16.2 Å². The molecule has 0 aliphatic heterocycles. The van der Waals surface area contributed by atoms with Crippen LogP contribution < -0.4 is 16.2 Å². The Morgan fingerprint density at radius 3 is 2.77 bits per heavy atom. The predicted molar refractivity (Wildman–Crippen MR) is 90.5 cm³/mol. The number of nitriles is 1. The summed E-state index contributed by atoms with van der Waals surface area (Å²) in [6.45, 7) is -0.0806. The number of nitrogens with two attached hydrogens (primary N) is 2. The normalized spacial score (nSPS) is 10.3. The van der Waals surface area contributed by atoms with Gasteiger partial charge in [0.25, 0.3) is 0 Å². The molecular weight excluding hydrogens is 340 g/mol. The van der Waals surface area contributed by atoms with Gasteiger partial charge >= 0.3 is 5.69 Å². The van der Waals surface area contributed by atoms with Crippen molar-refractivity contribution in [2.75, 3.05) is 11.5 Å². The Morgan fingerprint density at radius 2 is 2.08 bits per heavy atom. The predicted octanol–water partition coefficient (Wildman–Crippen LogP) is 1.32. The maximum Gasteiger partial charge on any atom is 0.307 e. The average molecular weight is 352 g/mol. The van der Waals surface area contributed by atoms with Gasteiger partial charge in [0.2, 0.25) is 5.95 Å². The first-order chi connectivity index (χ1) is 12.5. The lowest BCUT2D eigenvalue weighted by molar-refractivity contribution is -0.385. The van der Waals surface area contributed by atoms with E-state index < -0.39 is 4.92 Å². The fourth-order valence-corrected chi connectivity index (χ4v) is 2.24. The lowest BCUT2D eigenvalue weighted by atomic mass is 10.1. The molecule has 2 aromatic heterocycles. The first kappa shape index (κ1) is 16.7. The molecular formula is C15H12N8O3. The van der Waals surface area contributed by atoms with Gasteiger partial charge in [-0.05, 0) is 12.1 Å². The van der Waals surface area contributed by atoms with E-state index in [-0.39, 0.29) is 35.4 Å². The molecule has 0 aliphatic rings. The van der Waals surface area contributed by atoms with Crippen molar-refractivity contribution in [2.45, 2.75) is 6.73 Å². The average Bonchev–Trinajstić information content (AvgIpc) is 3.09. The fraction of sp³-hybridized carbons (Fsp3) is 0.0667. The third kappa shape index (κ3) is 3.20. The second-order valence-electron chi connectivity index (χ2n) is 5.07. The van der Waals surface area contributed by atoms with Gasteiger partial charge < -0.3 is 16.2 Å². The van der Waals surface area contributed by atoms with Crippen LogP contribution in [0.3, 0.4) is 0 Å². The molecule has 11 nitrogen and oxygen atoms in total. The van der Waals surface area contributed by atoms with E-state index in [1.807, 2.05) is 6.07 Å². The zero-order valence-corrected chi connectivity index (χ0v) is 13.2.